The van der Waals surface area contributed by atoms with Crippen molar-refractivity contribution >= 4 is 27.5 Å². The lowest BCUT2D eigenvalue weighted by Gasteiger charge is -2.15. The maximum Gasteiger partial charge on any atom is 0.275 e. The maximum atomic E-state index is 12.0. The molecule has 112 valence electrons. The average Bonchev–Trinajstić information content (AvgIpc) is 3.19. The summed E-state index contributed by atoms with van der Waals surface area (Å²) in [6, 6.07) is 8.50. The van der Waals surface area contributed by atoms with Crippen LogP contribution in [0.4, 0.5) is 0 Å². The molecule has 2 aromatic rings. The highest BCUT2D eigenvalue weighted by atomic mass is 32.1. The van der Waals surface area contributed by atoms with Crippen LogP contribution in [-0.2, 0) is 11.3 Å². The van der Waals surface area contributed by atoms with Gasteiger partial charge in [0.2, 0.25) is 0 Å². The van der Waals surface area contributed by atoms with E-state index >= 15 is 0 Å². The molecule has 5 heteroatoms. The highest BCUT2D eigenvalue weighted by Crippen LogP contribution is 2.32. The molecule has 1 aromatic carbocycles. The molecule has 3 rings (SSSR count). The normalized spacial score (nSPS) is 17.6. The van der Waals surface area contributed by atoms with Crippen molar-refractivity contribution in [2.45, 2.75) is 32.4 Å². The van der Waals surface area contributed by atoms with Gasteiger partial charge >= 0.3 is 0 Å². The van der Waals surface area contributed by atoms with Crippen LogP contribution in [0.1, 0.15) is 24.8 Å². The fourth-order valence-corrected chi connectivity index (χ4v) is 3.69. The third kappa shape index (κ3) is 3.80. The van der Waals surface area contributed by atoms with Crippen LogP contribution in [0.15, 0.2) is 24.3 Å². The van der Waals surface area contributed by atoms with Gasteiger partial charge in [-0.1, -0.05) is 12.1 Å². The molecule has 0 spiro atoms. The molecule has 1 aromatic heterocycles. The van der Waals surface area contributed by atoms with Gasteiger partial charge in [0.05, 0.1) is 17.3 Å². The van der Waals surface area contributed by atoms with Crippen LogP contribution in [0.5, 0.6) is 0 Å². The molecule has 2 N–H and O–H groups in total. The van der Waals surface area contributed by atoms with Crippen molar-refractivity contribution in [3.8, 4) is 0 Å². The Hall–Kier alpha value is -1.46. The second-order valence-electron chi connectivity index (χ2n) is 6.08. The second-order valence-corrected chi connectivity index (χ2v) is 7.19. The van der Waals surface area contributed by atoms with E-state index in [1.807, 2.05) is 25.2 Å². The minimum atomic E-state index is 0.146. The number of amides is 1. The van der Waals surface area contributed by atoms with E-state index in [0.29, 0.717) is 18.5 Å². The summed E-state index contributed by atoms with van der Waals surface area (Å²) in [6.45, 7) is 3.41. The summed E-state index contributed by atoms with van der Waals surface area (Å²) in [6.07, 6.45) is 2.52. The fourth-order valence-electron chi connectivity index (χ4n) is 2.61. The van der Waals surface area contributed by atoms with Crippen LogP contribution in [0.2, 0.25) is 0 Å². The van der Waals surface area contributed by atoms with Crippen LogP contribution in [0, 0.1) is 5.92 Å². The predicted octanol–water partition coefficient (Wildman–Crippen LogP) is 1.23. The zero-order chi connectivity index (χ0) is 14.8. The predicted molar refractivity (Wildman–Crippen MR) is 85.4 cm³/mol. The summed E-state index contributed by atoms with van der Waals surface area (Å²) in [5, 5.41) is 4.20. The number of fused-ring (bicyclic) bond motifs is 1. The quantitative estimate of drug-likeness (QED) is 0.843. The number of para-hydroxylation sites is 1. The summed E-state index contributed by atoms with van der Waals surface area (Å²) in [5.74, 6) is 0.853. The maximum absolute atomic E-state index is 12.0. The zero-order valence-corrected chi connectivity index (χ0v) is 13.4. The SMILES string of the molecule is C[C@@H](NC(=O)C[NH+](C)Cc1nc2ccccc2s1)C1CC1. The van der Waals surface area contributed by atoms with Crippen molar-refractivity contribution in [2.24, 2.45) is 5.92 Å². The Morgan fingerprint density at radius 1 is 1.48 bits per heavy atom. The lowest BCUT2D eigenvalue weighted by molar-refractivity contribution is -0.885. The fraction of sp³-hybridized carbons (Fsp3) is 0.500. The average molecular weight is 304 g/mol. The van der Waals surface area contributed by atoms with Gasteiger partial charge in [-0.05, 0) is 37.8 Å². The van der Waals surface area contributed by atoms with Crippen molar-refractivity contribution in [3.05, 3.63) is 29.3 Å². The molecule has 1 amide bonds. The van der Waals surface area contributed by atoms with E-state index in [1.165, 1.54) is 22.4 Å². The lowest BCUT2D eigenvalue weighted by atomic mass is 10.2. The standard InChI is InChI=1S/C16H21N3OS/c1-11(12-7-8-12)17-15(20)9-19(2)10-16-18-13-5-3-4-6-14(13)21-16/h3-6,11-12H,7-10H2,1-2H3,(H,17,20)/p+1/t11-/m1/s1. The Morgan fingerprint density at radius 2 is 2.24 bits per heavy atom. The van der Waals surface area contributed by atoms with E-state index in [-0.39, 0.29) is 5.91 Å². The van der Waals surface area contributed by atoms with E-state index in [9.17, 15) is 4.79 Å². The lowest BCUT2D eigenvalue weighted by Crippen LogP contribution is -3.09. The number of hydrogen-bond donors (Lipinski definition) is 2. The van der Waals surface area contributed by atoms with Crippen LogP contribution in [0.3, 0.4) is 0 Å². The van der Waals surface area contributed by atoms with Gasteiger partial charge in [0.15, 0.2) is 6.54 Å². The number of nitrogens with zero attached hydrogens (tertiary/aromatic N) is 1. The Bertz CT molecular complexity index is 602. The van der Waals surface area contributed by atoms with Crippen LogP contribution < -0.4 is 10.2 Å². The van der Waals surface area contributed by atoms with Gasteiger partial charge in [-0.3, -0.25) is 4.79 Å². The van der Waals surface area contributed by atoms with Gasteiger partial charge in [0.1, 0.15) is 11.6 Å². The van der Waals surface area contributed by atoms with Gasteiger partial charge in [0, 0.05) is 6.04 Å². The molecule has 2 atom stereocenters. The summed E-state index contributed by atoms with van der Waals surface area (Å²) < 4.78 is 1.21. The molecular weight excluding hydrogens is 282 g/mol. The number of hydrogen-bond acceptors (Lipinski definition) is 3. The van der Waals surface area contributed by atoms with Crippen LogP contribution >= 0.6 is 11.3 Å². The van der Waals surface area contributed by atoms with Gasteiger partial charge in [-0.25, -0.2) is 4.98 Å². The van der Waals surface area contributed by atoms with Crippen molar-refractivity contribution < 1.29 is 9.69 Å². The summed E-state index contributed by atoms with van der Waals surface area (Å²) in [5.41, 5.74) is 1.05. The summed E-state index contributed by atoms with van der Waals surface area (Å²) in [4.78, 5) is 17.8. The van der Waals surface area contributed by atoms with E-state index in [4.69, 9.17) is 0 Å². The largest absolute Gasteiger partial charge is 0.348 e. The number of rotatable bonds is 6. The molecule has 21 heavy (non-hydrogen) atoms. The summed E-state index contributed by atoms with van der Waals surface area (Å²) in [7, 11) is 2.05. The molecule has 0 radical (unpaired) electrons. The van der Waals surface area contributed by atoms with Crippen molar-refractivity contribution in [2.75, 3.05) is 13.6 Å². The molecule has 0 aliphatic heterocycles. The number of likely N-dealkylation sites (N-methyl/N-ethyl adjacent to an activating group) is 1. The molecule has 1 heterocycles. The number of aromatic nitrogens is 1. The van der Waals surface area contributed by atoms with Crippen molar-refractivity contribution in [1.82, 2.24) is 10.3 Å². The molecule has 0 saturated heterocycles. The van der Waals surface area contributed by atoms with Crippen LogP contribution in [-0.4, -0.2) is 30.5 Å². The number of quaternary nitrogens is 1. The van der Waals surface area contributed by atoms with Gasteiger partial charge in [0.25, 0.3) is 5.91 Å². The molecular formula is C16H22N3OS+. The van der Waals surface area contributed by atoms with Gasteiger partial charge in [-0.15, -0.1) is 11.3 Å². The van der Waals surface area contributed by atoms with Crippen molar-refractivity contribution in [3.63, 3.8) is 0 Å². The first-order chi connectivity index (χ1) is 10.1. The molecule has 1 aliphatic rings. The zero-order valence-electron chi connectivity index (χ0n) is 12.6. The van der Waals surface area contributed by atoms with E-state index in [2.05, 4.69) is 23.3 Å². The smallest absolute Gasteiger partial charge is 0.275 e. The number of nitrogens with one attached hydrogen (secondary N) is 2. The third-order valence-corrected chi connectivity index (χ3v) is 5.01. The first-order valence-electron chi connectivity index (χ1n) is 7.57. The minimum Gasteiger partial charge on any atom is -0.348 e. The number of carbonyl (C=O) groups is 1. The van der Waals surface area contributed by atoms with E-state index in [1.54, 1.807) is 11.3 Å². The molecule has 4 nitrogen and oxygen atoms in total. The van der Waals surface area contributed by atoms with Crippen molar-refractivity contribution in [1.29, 1.82) is 0 Å². The Balaban J connectivity index is 1.53. The van der Waals surface area contributed by atoms with Gasteiger partial charge in [-0.2, -0.15) is 0 Å². The first-order valence-corrected chi connectivity index (χ1v) is 8.38. The molecule has 0 bridgehead atoms. The highest BCUT2D eigenvalue weighted by Gasteiger charge is 2.29. The topological polar surface area (TPSA) is 46.4 Å². The van der Waals surface area contributed by atoms with Gasteiger partial charge < -0.3 is 10.2 Å². The minimum absolute atomic E-state index is 0.146. The van der Waals surface area contributed by atoms with Crippen LogP contribution in [0.25, 0.3) is 10.2 Å². The molecule has 1 saturated carbocycles. The molecule has 1 aliphatic carbocycles. The third-order valence-electron chi connectivity index (χ3n) is 3.97. The molecule has 1 fully saturated rings. The van der Waals surface area contributed by atoms with E-state index in [0.717, 1.165) is 17.1 Å². The Morgan fingerprint density at radius 3 is 2.95 bits per heavy atom. The summed E-state index contributed by atoms with van der Waals surface area (Å²) >= 11 is 1.72. The number of thiazole rings is 1. The second kappa shape index (κ2) is 6.12. The number of benzene rings is 1. The Kier molecular flexibility index (Phi) is 4.22. The Labute approximate surface area is 129 Å². The monoisotopic (exact) mass is 304 g/mol. The van der Waals surface area contributed by atoms with E-state index < -0.39 is 0 Å². The number of carbonyl (C=O) groups excluding carboxylic acids is 1. The molecule has 1 unspecified atom stereocenters. The first kappa shape index (κ1) is 14.5. The highest BCUT2D eigenvalue weighted by molar-refractivity contribution is 7.18.